The molecule has 1 aromatic rings. The summed E-state index contributed by atoms with van der Waals surface area (Å²) >= 11 is 0. The molecule has 0 aliphatic carbocycles. The molecule has 0 radical (unpaired) electrons. The summed E-state index contributed by atoms with van der Waals surface area (Å²) in [6, 6.07) is 10.2. The number of benzene rings is 1. The second-order valence-electron chi connectivity index (χ2n) is 9.98. The lowest BCUT2D eigenvalue weighted by molar-refractivity contribution is 0.00578. The third-order valence-electron chi connectivity index (χ3n) is 6.62. The first kappa shape index (κ1) is 23.1. The van der Waals surface area contributed by atoms with E-state index in [1.807, 2.05) is 42.3 Å². The molecule has 4 nitrogen and oxygen atoms in total. The number of rotatable bonds is 5. The molecule has 30 heavy (non-hydrogen) atoms. The molecule has 0 amide bonds. The maximum atomic E-state index is 6.16. The Bertz CT molecular complexity index is 806. The van der Waals surface area contributed by atoms with Crippen LogP contribution in [-0.2, 0) is 18.6 Å². The highest BCUT2D eigenvalue weighted by Gasteiger charge is 2.51. The van der Waals surface area contributed by atoms with Crippen LogP contribution in [0, 0.1) is 0 Å². The molecule has 0 spiro atoms. The van der Waals surface area contributed by atoms with Gasteiger partial charge in [-0.2, -0.15) is 0 Å². The highest BCUT2D eigenvalue weighted by atomic mass is 16.7. The highest BCUT2D eigenvalue weighted by Crippen LogP contribution is 2.38. The van der Waals surface area contributed by atoms with Gasteiger partial charge in [-0.3, -0.25) is 0 Å². The molecule has 2 aliphatic heterocycles. The van der Waals surface area contributed by atoms with Gasteiger partial charge in [0, 0.05) is 0 Å². The van der Waals surface area contributed by atoms with E-state index in [4.69, 9.17) is 18.6 Å². The summed E-state index contributed by atoms with van der Waals surface area (Å²) in [6.07, 6.45) is 6.01. The van der Waals surface area contributed by atoms with Crippen LogP contribution in [0.2, 0.25) is 0 Å². The van der Waals surface area contributed by atoms with Crippen molar-refractivity contribution in [3.63, 3.8) is 0 Å². The monoisotopic (exact) mass is 408 g/mol. The van der Waals surface area contributed by atoms with E-state index in [9.17, 15) is 0 Å². The van der Waals surface area contributed by atoms with Gasteiger partial charge in [-0.1, -0.05) is 54.5 Å². The first-order chi connectivity index (χ1) is 13.8. The Morgan fingerprint density at radius 2 is 1.13 bits per heavy atom. The summed E-state index contributed by atoms with van der Waals surface area (Å²) in [7, 11) is -0.756. The smallest absolute Gasteiger partial charge is 0.400 e. The third-order valence-corrected chi connectivity index (χ3v) is 6.62. The maximum absolute atomic E-state index is 6.16. The zero-order valence-corrected chi connectivity index (χ0v) is 19.6. The minimum absolute atomic E-state index is 0.336. The van der Waals surface area contributed by atoms with Gasteiger partial charge in [-0.15, -0.1) is 0 Å². The quantitative estimate of drug-likeness (QED) is 0.480. The van der Waals surface area contributed by atoms with Crippen molar-refractivity contribution in [1.82, 2.24) is 0 Å². The molecule has 2 fully saturated rings. The number of allylic oxidation sites excluding steroid dienone is 4. The predicted octanol–water partition coefficient (Wildman–Crippen LogP) is 5.45. The van der Waals surface area contributed by atoms with Crippen molar-refractivity contribution < 1.29 is 18.6 Å². The zero-order valence-electron chi connectivity index (χ0n) is 19.6. The van der Waals surface area contributed by atoms with Crippen LogP contribution in [0.1, 0.15) is 61.0 Å². The molecule has 0 atom stereocenters. The Balaban J connectivity index is 1.76. The zero-order chi connectivity index (χ0) is 22.2. The standard InChI is InChI=1S/C24H34B2O4/c1-21(2)22(3,4)28-25(27-21)17-13-12-16-20(19-14-10-9-11-15-19)18-26-29-23(5,6)24(7,8)30-26/h9-18H,1-8H3/b16-12+,17-13+,20-18-. The molecule has 2 heterocycles. The van der Waals surface area contributed by atoms with Crippen LogP contribution >= 0.6 is 0 Å². The molecule has 3 rings (SSSR count). The molecule has 0 aromatic heterocycles. The fourth-order valence-corrected chi connectivity index (χ4v) is 3.26. The van der Waals surface area contributed by atoms with Crippen LogP contribution in [0.3, 0.4) is 0 Å². The number of hydrogen-bond donors (Lipinski definition) is 0. The highest BCUT2D eigenvalue weighted by molar-refractivity contribution is 6.53. The number of hydrogen-bond acceptors (Lipinski definition) is 4. The first-order valence-corrected chi connectivity index (χ1v) is 10.7. The van der Waals surface area contributed by atoms with Gasteiger partial charge >= 0.3 is 14.2 Å². The Kier molecular flexibility index (Phi) is 6.28. The van der Waals surface area contributed by atoms with E-state index in [0.717, 1.165) is 11.1 Å². The normalized spacial score (nSPS) is 25.0. The second kappa shape index (κ2) is 8.16. The molecule has 0 N–H and O–H groups in total. The summed E-state index contributed by atoms with van der Waals surface area (Å²) in [5.41, 5.74) is 0.738. The molecule has 2 aliphatic rings. The topological polar surface area (TPSA) is 36.9 Å². The molecular formula is C24H34B2O4. The summed E-state index contributed by atoms with van der Waals surface area (Å²) in [6.45, 7) is 16.5. The molecule has 6 heteroatoms. The van der Waals surface area contributed by atoms with Gasteiger partial charge in [0.2, 0.25) is 0 Å². The average molecular weight is 408 g/mol. The van der Waals surface area contributed by atoms with Gasteiger partial charge < -0.3 is 18.6 Å². The summed E-state index contributed by atoms with van der Waals surface area (Å²) < 4.78 is 24.3. The Morgan fingerprint density at radius 1 is 0.667 bits per heavy atom. The molecule has 1 aromatic carbocycles. The van der Waals surface area contributed by atoms with Crippen molar-refractivity contribution in [2.75, 3.05) is 0 Å². The fraction of sp³-hybridized carbons (Fsp3) is 0.500. The van der Waals surface area contributed by atoms with Crippen LogP contribution in [-0.4, -0.2) is 36.6 Å². The van der Waals surface area contributed by atoms with Crippen molar-refractivity contribution in [2.45, 2.75) is 77.8 Å². The SMILES string of the molecule is CC1(C)OB(/C=C(/C=C/C=C/B2OC(C)(C)C(C)(C)O2)c2ccccc2)OC1(C)C. The molecule has 0 unspecified atom stereocenters. The lowest BCUT2D eigenvalue weighted by Crippen LogP contribution is -2.41. The van der Waals surface area contributed by atoms with E-state index in [1.165, 1.54) is 0 Å². The van der Waals surface area contributed by atoms with Gasteiger partial charge in [0.1, 0.15) is 0 Å². The van der Waals surface area contributed by atoms with Crippen LogP contribution in [0.25, 0.3) is 5.57 Å². The average Bonchev–Trinajstić information content (AvgIpc) is 2.96. The molecular weight excluding hydrogens is 374 g/mol. The molecule has 160 valence electrons. The van der Waals surface area contributed by atoms with E-state index >= 15 is 0 Å². The van der Waals surface area contributed by atoms with Gasteiger partial charge in [0.05, 0.1) is 22.4 Å². The predicted molar refractivity (Wildman–Crippen MR) is 125 cm³/mol. The summed E-state index contributed by atoms with van der Waals surface area (Å²) in [5.74, 6) is 3.97. The van der Waals surface area contributed by atoms with E-state index in [2.05, 4.69) is 73.6 Å². The van der Waals surface area contributed by atoms with Gasteiger partial charge in [0.25, 0.3) is 0 Å². The van der Waals surface area contributed by atoms with Crippen LogP contribution in [0.5, 0.6) is 0 Å². The minimum atomic E-state index is -0.401. The molecule has 0 bridgehead atoms. The van der Waals surface area contributed by atoms with Crippen molar-refractivity contribution in [1.29, 1.82) is 0 Å². The van der Waals surface area contributed by atoms with E-state index in [-0.39, 0.29) is 29.5 Å². The largest absolute Gasteiger partial charge is 0.487 e. The fourth-order valence-electron chi connectivity index (χ4n) is 3.26. The van der Waals surface area contributed by atoms with Gasteiger partial charge in [-0.25, -0.2) is 0 Å². The van der Waals surface area contributed by atoms with Crippen molar-refractivity contribution in [3.05, 3.63) is 66.1 Å². The second-order valence-corrected chi connectivity index (χ2v) is 9.98. The van der Waals surface area contributed by atoms with Crippen molar-refractivity contribution >= 4 is 19.8 Å². The van der Waals surface area contributed by atoms with Crippen molar-refractivity contribution in [3.8, 4) is 0 Å². The van der Waals surface area contributed by atoms with E-state index in [0.29, 0.717) is 0 Å². The van der Waals surface area contributed by atoms with Crippen LogP contribution in [0.4, 0.5) is 0 Å². The van der Waals surface area contributed by atoms with Crippen LogP contribution in [0.15, 0.2) is 60.5 Å². The van der Waals surface area contributed by atoms with Gasteiger partial charge in [-0.05, 0) is 72.5 Å². The lowest BCUT2D eigenvalue weighted by Gasteiger charge is -2.32. The van der Waals surface area contributed by atoms with Gasteiger partial charge in [0.15, 0.2) is 0 Å². The Hall–Kier alpha value is -1.59. The Labute approximate surface area is 182 Å². The van der Waals surface area contributed by atoms with E-state index < -0.39 is 7.12 Å². The maximum Gasteiger partial charge on any atom is 0.487 e. The van der Waals surface area contributed by atoms with Crippen molar-refractivity contribution in [2.24, 2.45) is 0 Å². The summed E-state index contributed by atoms with van der Waals surface area (Å²) in [5, 5.41) is 0. The Morgan fingerprint density at radius 3 is 1.63 bits per heavy atom. The lowest BCUT2D eigenvalue weighted by atomic mass is 9.84. The summed E-state index contributed by atoms with van der Waals surface area (Å²) in [4.78, 5) is 0. The first-order valence-electron chi connectivity index (χ1n) is 10.7. The molecule has 2 saturated heterocycles. The molecule has 0 saturated carbocycles. The minimum Gasteiger partial charge on any atom is -0.400 e. The third kappa shape index (κ3) is 4.83. The van der Waals surface area contributed by atoms with Crippen LogP contribution < -0.4 is 0 Å². The van der Waals surface area contributed by atoms with E-state index in [1.54, 1.807) is 0 Å².